The molecule has 0 saturated carbocycles. The lowest BCUT2D eigenvalue weighted by Gasteiger charge is -2.24. The predicted octanol–water partition coefficient (Wildman–Crippen LogP) is 3.87. The zero-order valence-corrected chi connectivity index (χ0v) is 8.90. The Bertz CT molecular complexity index is 644. The molecular weight excluding hydrogens is 192 g/mol. The first kappa shape index (κ1) is 8.35. The van der Waals surface area contributed by atoms with Gasteiger partial charge in [0.05, 0.1) is 0 Å². The second kappa shape index (κ2) is 2.85. The van der Waals surface area contributed by atoms with Crippen LogP contribution in [0.3, 0.4) is 0 Å². The molecule has 0 nitrogen and oxygen atoms in total. The van der Waals surface area contributed by atoms with Crippen LogP contribution in [0.4, 0.5) is 0 Å². The summed E-state index contributed by atoms with van der Waals surface area (Å²) in [6, 6.07) is 11.1. The molecule has 4 rings (SSSR count). The fourth-order valence-electron chi connectivity index (χ4n) is 2.88. The maximum atomic E-state index is 3.45. The largest absolute Gasteiger partial charge is 0.0757 e. The van der Waals surface area contributed by atoms with E-state index in [1.807, 2.05) is 0 Å². The first-order valence-electron chi connectivity index (χ1n) is 5.74. The number of hydrogen-bond acceptors (Lipinski definition) is 0. The van der Waals surface area contributed by atoms with Gasteiger partial charge in [0, 0.05) is 5.92 Å². The minimum atomic E-state index is 0.377. The van der Waals surface area contributed by atoms with Crippen molar-refractivity contribution in [1.82, 2.24) is 0 Å². The maximum Gasteiger partial charge on any atom is 0.0281 e. The van der Waals surface area contributed by atoms with Gasteiger partial charge in [-0.2, -0.15) is 0 Å². The maximum absolute atomic E-state index is 3.45. The standard InChI is InChI=1S/C16H11/c1-3-11-7-9-13-5-2-6-14-10-8-12(4-1)15(11)16(13)14/h1-4,7-10,14H,5H2. The average molecular weight is 203 g/mol. The minimum Gasteiger partial charge on any atom is -0.0757 e. The molecule has 0 heteroatoms. The molecule has 2 aliphatic rings. The van der Waals surface area contributed by atoms with E-state index in [2.05, 4.69) is 54.6 Å². The molecule has 0 aliphatic heterocycles. The van der Waals surface area contributed by atoms with E-state index in [0.29, 0.717) is 5.92 Å². The van der Waals surface area contributed by atoms with Gasteiger partial charge in [-0.25, -0.2) is 0 Å². The molecule has 0 amide bonds. The van der Waals surface area contributed by atoms with Gasteiger partial charge in [-0.1, -0.05) is 48.6 Å². The normalized spacial score (nSPS) is 20.4. The van der Waals surface area contributed by atoms with Crippen molar-refractivity contribution < 1.29 is 0 Å². The van der Waals surface area contributed by atoms with Crippen LogP contribution in [0, 0.1) is 6.08 Å². The molecule has 2 aromatic rings. The van der Waals surface area contributed by atoms with Crippen LogP contribution in [0.2, 0.25) is 0 Å². The Morgan fingerprint density at radius 2 is 2.12 bits per heavy atom. The summed E-state index contributed by atoms with van der Waals surface area (Å²) in [5.41, 5.74) is 4.31. The Morgan fingerprint density at radius 1 is 1.12 bits per heavy atom. The van der Waals surface area contributed by atoms with E-state index >= 15 is 0 Å². The summed E-state index contributed by atoms with van der Waals surface area (Å²) in [6.45, 7) is 0. The molecule has 16 heavy (non-hydrogen) atoms. The van der Waals surface area contributed by atoms with E-state index in [4.69, 9.17) is 0 Å². The molecule has 0 heterocycles. The van der Waals surface area contributed by atoms with Gasteiger partial charge in [0.2, 0.25) is 0 Å². The predicted molar refractivity (Wildman–Crippen MR) is 67.2 cm³/mol. The molecule has 75 valence electrons. The fraction of sp³-hybridized carbons (Fsp3) is 0.125. The second-order valence-corrected chi connectivity index (χ2v) is 4.50. The lowest BCUT2D eigenvalue weighted by atomic mass is 9.79. The van der Waals surface area contributed by atoms with E-state index in [1.54, 1.807) is 0 Å². The van der Waals surface area contributed by atoms with Crippen molar-refractivity contribution >= 4 is 16.8 Å². The SMILES string of the molecule is [C]1=CCc2ccc3cccc4c3c2C1C=C4. The number of allylic oxidation sites excluding steroid dienone is 3. The molecule has 2 aromatic carbocycles. The fourth-order valence-corrected chi connectivity index (χ4v) is 2.88. The average Bonchev–Trinajstić information content (AvgIpc) is 2.36. The third kappa shape index (κ3) is 0.943. The third-order valence-corrected chi connectivity index (χ3v) is 3.61. The molecule has 1 atom stereocenters. The number of rotatable bonds is 0. The monoisotopic (exact) mass is 203 g/mol. The van der Waals surface area contributed by atoms with Crippen molar-refractivity contribution in [3.8, 4) is 0 Å². The van der Waals surface area contributed by atoms with Gasteiger partial charge in [0.15, 0.2) is 0 Å². The van der Waals surface area contributed by atoms with Gasteiger partial charge in [0.1, 0.15) is 0 Å². The highest BCUT2D eigenvalue weighted by atomic mass is 14.2. The van der Waals surface area contributed by atoms with Crippen LogP contribution in [0.15, 0.2) is 42.5 Å². The van der Waals surface area contributed by atoms with Crippen molar-refractivity contribution in [2.45, 2.75) is 12.3 Å². The van der Waals surface area contributed by atoms with Crippen LogP contribution in [0.25, 0.3) is 16.8 Å². The Hall–Kier alpha value is -1.82. The lowest BCUT2D eigenvalue weighted by molar-refractivity contribution is 0.974. The van der Waals surface area contributed by atoms with Gasteiger partial charge in [-0.05, 0) is 40.0 Å². The Balaban J connectivity index is 2.24. The first-order chi connectivity index (χ1) is 7.93. The van der Waals surface area contributed by atoms with Gasteiger partial charge >= 0.3 is 0 Å². The molecule has 0 aromatic heterocycles. The molecule has 0 spiro atoms. The number of benzene rings is 2. The van der Waals surface area contributed by atoms with Crippen LogP contribution < -0.4 is 0 Å². The summed E-state index contributed by atoms with van der Waals surface area (Å²) < 4.78 is 0. The zero-order chi connectivity index (χ0) is 10.5. The highest BCUT2D eigenvalue weighted by molar-refractivity contribution is 5.96. The van der Waals surface area contributed by atoms with Gasteiger partial charge in [-0.15, -0.1) is 0 Å². The molecular formula is C16H11. The Morgan fingerprint density at radius 3 is 3.12 bits per heavy atom. The summed E-state index contributed by atoms with van der Waals surface area (Å²) in [5, 5.41) is 2.79. The summed E-state index contributed by atoms with van der Waals surface area (Å²) >= 11 is 0. The van der Waals surface area contributed by atoms with E-state index in [-0.39, 0.29) is 0 Å². The zero-order valence-electron chi connectivity index (χ0n) is 8.90. The lowest BCUT2D eigenvalue weighted by Crippen LogP contribution is -2.07. The Labute approximate surface area is 94.9 Å². The van der Waals surface area contributed by atoms with Crippen molar-refractivity contribution in [3.63, 3.8) is 0 Å². The highest BCUT2D eigenvalue weighted by Gasteiger charge is 2.21. The van der Waals surface area contributed by atoms with Gasteiger partial charge in [0.25, 0.3) is 0 Å². The summed E-state index contributed by atoms with van der Waals surface area (Å²) in [5.74, 6) is 0.377. The van der Waals surface area contributed by atoms with Crippen molar-refractivity contribution in [2.75, 3.05) is 0 Å². The summed E-state index contributed by atoms with van der Waals surface area (Å²) in [6.07, 6.45) is 11.1. The molecule has 0 saturated heterocycles. The first-order valence-corrected chi connectivity index (χ1v) is 5.74. The molecule has 1 unspecified atom stereocenters. The van der Waals surface area contributed by atoms with E-state index in [1.165, 1.54) is 27.5 Å². The van der Waals surface area contributed by atoms with Gasteiger partial charge in [-0.3, -0.25) is 0 Å². The van der Waals surface area contributed by atoms with E-state index in [9.17, 15) is 0 Å². The van der Waals surface area contributed by atoms with Crippen LogP contribution in [0.1, 0.15) is 22.6 Å². The molecule has 2 aliphatic carbocycles. The number of hydrogen-bond donors (Lipinski definition) is 0. The van der Waals surface area contributed by atoms with Crippen LogP contribution >= 0.6 is 0 Å². The molecule has 0 fully saturated rings. The Kier molecular flexibility index (Phi) is 1.49. The summed E-state index contributed by atoms with van der Waals surface area (Å²) in [4.78, 5) is 0. The van der Waals surface area contributed by atoms with Gasteiger partial charge < -0.3 is 0 Å². The van der Waals surface area contributed by atoms with Crippen LogP contribution in [0.5, 0.6) is 0 Å². The molecule has 1 radical (unpaired) electrons. The molecule has 0 bridgehead atoms. The minimum absolute atomic E-state index is 0.377. The highest BCUT2D eigenvalue weighted by Crippen LogP contribution is 2.39. The van der Waals surface area contributed by atoms with E-state index in [0.717, 1.165) is 6.42 Å². The quantitative estimate of drug-likeness (QED) is 0.609. The smallest absolute Gasteiger partial charge is 0.0281 e. The van der Waals surface area contributed by atoms with Crippen molar-refractivity contribution in [2.24, 2.45) is 0 Å². The van der Waals surface area contributed by atoms with Crippen LogP contribution in [-0.2, 0) is 6.42 Å². The van der Waals surface area contributed by atoms with E-state index < -0.39 is 0 Å². The second-order valence-electron chi connectivity index (χ2n) is 4.50. The van der Waals surface area contributed by atoms with Crippen molar-refractivity contribution in [1.29, 1.82) is 0 Å². The van der Waals surface area contributed by atoms with Crippen molar-refractivity contribution in [3.05, 3.63) is 65.3 Å². The topological polar surface area (TPSA) is 0 Å². The summed E-state index contributed by atoms with van der Waals surface area (Å²) in [7, 11) is 0. The van der Waals surface area contributed by atoms with Crippen LogP contribution in [-0.4, -0.2) is 0 Å². The molecule has 0 N–H and O–H groups in total. The third-order valence-electron chi connectivity index (χ3n) is 3.61.